The van der Waals surface area contributed by atoms with E-state index in [2.05, 4.69) is 30.8 Å². The SMILES string of the molecule is COc1ccc2nc(CNC(=O)c3ccc4nnnn4c3)[nH]c2c1. The first-order chi connectivity index (χ1) is 11.7. The number of carbonyl (C=O) groups is 1. The van der Waals surface area contributed by atoms with E-state index in [4.69, 9.17) is 4.74 Å². The molecule has 24 heavy (non-hydrogen) atoms. The summed E-state index contributed by atoms with van der Waals surface area (Å²) >= 11 is 0. The van der Waals surface area contributed by atoms with E-state index in [0.717, 1.165) is 16.8 Å². The van der Waals surface area contributed by atoms with Gasteiger partial charge < -0.3 is 15.0 Å². The van der Waals surface area contributed by atoms with Gasteiger partial charge in [-0.15, -0.1) is 5.10 Å². The van der Waals surface area contributed by atoms with Crippen LogP contribution in [-0.2, 0) is 6.54 Å². The molecule has 4 rings (SSSR count). The number of aromatic nitrogens is 6. The van der Waals surface area contributed by atoms with Crippen LogP contribution in [0.15, 0.2) is 36.5 Å². The highest BCUT2D eigenvalue weighted by Crippen LogP contribution is 2.18. The molecule has 9 heteroatoms. The van der Waals surface area contributed by atoms with Gasteiger partial charge in [-0.1, -0.05) is 0 Å². The summed E-state index contributed by atoms with van der Waals surface area (Å²) in [4.78, 5) is 19.8. The van der Waals surface area contributed by atoms with Crippen LogP contribution < -0.4 is 10.1 Å². The van der Waals surface area contributed by atoms with Crippen molar-refractivity contribution in [2.75, 3.05) is 7.11 Å². The molecule has 0 radical (unpaired) electrons. The Labute approximate surface area is 135 Å². The molecule has 0 atom stereocenters. The Balaban J connectivity index is 1.50. The summed E-state index contributed by atoms with van der Waals surface area (Å²) in [7, 11) is 1.61. The second-order valence-electron chi connectivity index (χ2n) is 5.15. The van der Waals surface area contributed by atoms with Gasteiger partial charge in [0, 0.05) is 12.3 Å². The molecule has 4 aromatic rings. The van der Waals surface area contributed by atoms with Crippen LogP contribution in [0.4, 0.5) is 0 Å². The van der Waals surface area contributed by atoms with Crippen molar-refractivity contribution >= 4 is 22.6 Å². The Morgan fingerprint density at radius 3 is 3.12 bits per heavy atom. The van der Waals surface area contributed by atoms with Gasteiger partial charge in [0.1, 0.15) is 11.6 Å². The molecule has 0 aliphatic carbocycles. The van der Waals surface area contributed by atoms with E-state index < -0.39 is 0 Å². The van der Waals surface area contributed by atoms with Crippen LogP contribution >= 0.6 is 0 Å². The van der Waals surface area contributed by atoms with Crippen molar-refractivity contribution in [1.82, 2.24) is 35.3 Å². The van der Waals surface area contributed by atoms with Crippen molar-refractivity contribution in [3.05, 3.63) is 47.9 Å². The summed E-state index contributed by atoms with van der Waals surface area (Å²) in [6, 6.07) is 8.92. The first kappa shape index (κ1) is 14.1. The second kappa shape index (κ2) is 5.61. The highest BCUT2D eigenvalue weighted by molar-refractivity contribution is 5.94. The summed E-state index contributed by atoms with van der Waals surface area (Å²) < 4.78 is 6.63. The maximum absolute atomic E-state index is 12.2. The number of nitrogens with zero attached hydrogens (tertiary/aromatic N) is 5. The summed E-state index contributed by atoms with van der Waals surface area (Å²) in [5.74, 6) is 1.18. The minimum Gasteiger partial charge on any atom is -0.497 e. The molecule has 0 aliphatic heterocycles. The standard InChI is InChI=1S/C15H13N7O2/c1-24-10-3-4-11-12(6-10)18-13(17-11)7-16-15(23)9-2-5-14-19-20-21-22(14)8-9/h2-6,8H,7H2,1H3,(H,16,23)(H,17,18). The van der Waals surface area contributed by atoms with Gasteiger partial charge in [0.05, 0.1) is 30.3 Å². The van der Waals surface area contributed by atoms with Crippen molar-refractivity contribution in [2.24, 2.45) is 0 Å². The molecule has 0 fully saturated rings. The number of hydrogen-bond acceptors (Lipinski definition) is 6. The van der Waals surface area contributed by atoms with Gasteiger partial charge in [0.15, 0.2) is 5.65 Å². The van der Waals surface area contributed by atoms with E-state index in [1.54, 1.807) is 25.4 Å². The van der Waals surface area contributed by atoms with E-state index in [9.17, 15) is 4.79 Å². The molecule has 1 aromatic carbocycles. The number of methoxy groups -OCH3 is 1. The molecular weight excluding hydrogens is 310 g/mol. The number of fused-ring (bicyclic) bond motifs is 2. The van der Waals surface area contributed by atoms with Crippen LogP contribution in [0.25, 0.3) is 16.7 Å². The Hall–Kier alpha value is -3.49. The number of aromatic amines is 1. The fraction of sp³-hybridized carbons (Fsp3) is 0.133. The third-order valence-electron chi connectivity index (χ3n) is 3.61. The van der Waals surface area contributed by atoms with E-state index in [-0.39, 0.29) is 12.5 Å². The quantitative estimate of drug-likeness (QED) is 0.578. The van der Waals surface area contributed by atoms with Crippen LogP contribution in [0.3, 0.4) is 0 Å². The maximum atomic E-state index is 12.2. The smallest absolute Gasteiger partial charge is 0.253 e. The summed E-state index contributed by atoms with van der Waals surface area (Å²) in [6.45, 7) is 0.281. The summed E-state index contributed by atoms with van der Waals surface area (Å²) in [5.41, 5.74) is 2.72. The highest BCUT2D eigenvalue weighted by Gasteiger charge is 2.09. The number of tetrazole rings is 1. The lowest BCUT2D eigenvalue weighted by Crippen LogP contribution is -2.23. The van der Waals surface area contributed by atoms with Gasteiger partial charge >= 0.3 is 0 Å². The zero-order chi connectivity index (χ0) is 16.5. The van der Waals surface area contributed by atoms with Crippen LogP contribution in [0.2, 0.25) is 0 Å². The van der Waals surface area contributed by atoms with Gasteiger partial charge in [-0.2, -0.15) is 4.52 Å². The van der Waals surface area contributed by atoms with Gasteiger partial charge in [-0.25, -0.2) is 4.98 Å². The number of imidazole rings is 1. The molecule has 120 valence electrons. The van der Waals surface area contributed by atoms with E-state index in [0.29, 0.717) is 17.0 Å². The molecule has 0 spiro atoms. The first-order valence-electron chi connectivity index (χ1n) is 7.21. The highest BCUT2D eigenvalue weighted by atomic mass is 16.5. The molecule has 3 heterocycles. The zero-order valence-corrected chi connectivity index (χ0v) is 12.7. The number of amides is 1. The lowest BCUT2D eigenvalue weighted by atomic mass is 10.2. The number of nitrogens with one attached hydrogen (secondary N) is 2. The number of rotatable bonds is 4. The van der Waals surface area contributed by atoms with E-state index >= 15 is 0 Å². The Morgan fingerprint density at radius 2 is 2.25 bits per heavy atom. The van der Waals surface area contributed by atoms with Crippen LogP contribution in [-0.4, -0.2) is 43.0 Å². The van der Waals surface area contributed by atoms with Gasteiger partial charge in [0.2, 0.25) is 0 Å². The Morgan fingerprint density at radius 1 is 1.33 bits per heavy atom. The first-order valence-corrected chi connectivity index (χ1v) is 7.21. The lowest BCUT2D eigenvalue weighted by molar-refractivity contribution is 0.0949. The molecule has 9 nitrogen and oxygen atoms in total. The molecule has 0 bridgehead atoms. The fourth-order valence-electron chi connectivity index (χ4n) is 2.39. The van der Waals surface area contributed by atoms with Crippen molar-refractivity contribution in [1.29, 1.82) is 0 Å². The van der Waals surface area contributed by atoms with Gasteiger partial charge in [-0.05, 0) is 34.7 Å². The van der Waals surface area contributed by atoms with Crippen LogP contribution in [0.1, 0.15) is 16.2 Å². The number of H-pyrrole nitrogens is 1. The lowest BCUT2D eigenvalue weighted by Gasteiger charge is -2.03. The zero-order valence-electron chi connectivity index (χ0n) is 12.7. The molecule has 2 N–H and O–H groups in total. The molecule has 1 amide bonds. The normalized spacial score (nSPS) is 11.0. The van der Waals surface area contributed by atoms with Crippen molar-refractivity contribution in [3.8, 4) is 5.75 Å². The minimum atomic E-state index is -0.231. The topological polar surface area (TPSA) is 110 Å². The van der Waals surface area contributed by atoms with Crippen molar-refractivity contribution in [3.63, 3.8) is 0 Å². The third kappa shape index (κ3) is 2.51. The maximum Gasteiger partial charge on any atom is 0.253 e. The minimum absolute atomic E-state index is 0.231. The Kier molecular flexibility index (Phi) is 3.30. The monoisotopic (exact) mass is 323 g/mol. The number of ether oxygens (including phenoxy) is 1. The third-order valence-corrected chi connectivity index (χ3v) is 3.61. The molecule has 0 saturated heterocycles. The Bertz CT molecular complexity index is 1040. The molecule has 0 aliphatic rings. The summed E-state index contributed by atoms with van der Waals surface area (Å²) in [5, 5.41) is 13.9. The second-order valence-corrected chi connectivity index (χ2v) is 5.15. The average molecular weight is 323 g/mol. The number of carbonyl (C=O) groups excluding carboxylic acids is 1. The van der Waals surface area contributed by atoms with Crippen molar-refractivity contribution < 1.29 is 9.53 Å². The van der Waals surface area contributed by atoms with Gasteiger partial charge in [0.25, 0.3) is 5.91 Å². The van der Waals surface area contributed by atoms with E-state index in [1.807, 2.05) is 18.2 Å². The van der Waals surface area contributed by atoms with Crippen LogP contribution in [0.5, 0.6) is 5.75 Å². The summed E-state index contributed by atoms with van der Waals surface area (Å²) in [6.07, 6.45) is 1.58. The number of hydrogen-bond donors (Lipinski definition) is 2. The largest absolute Gasteiger partial charge is 0.497 e. The molecule has 0 saturated carbocycles. The van der Waals surface area contributed by atoms with Crippen LogP contribution in [0, 0.1) is 0 Å². The van der Waals surface area contributed by atoms with Crippen molar-refractivity contribution in [2.45, 2.75) is 6.54 Å². The predicted molar refractivity (Wildman–Crippen MR) is 84.6 cm³/mol. The number of benzene rings is 1. The predicted octanol–water partition coefficient (Wildman–Crippen LogP) is 0.939. The fourth-order valence-corrected chi connectivity index (χ4v) is 2.39. The van der Waals surface area contributed by atoms with Gasteiger partial charge in [-0.3, -0.25) is 4.79 Å². The molecular formula is C15H13N7O2. The van der Waals surface area contributed by atoms with E-state index in [1.165, 1.54) is 4.52 Å². The average Bonchev–Trinajstić information content (AvgIpc) is 3.24. The molecule has 0 unspecified atom stereocenters. The number of pyridine rings is 1. The molecule has 3 aromatic heterocycles.